The van der Waals surface area contributed by atoms with Gasteiger partial charge in [-0.25, -0.2) is 4.98 Å². The zero-order valence-corrected chi connectivity index (χ0v) is 13.2. The molecule has 0 N–H and O–H groups in total. The van der Waals surface area contributed by atoms with Gasteiger partial charge in [0.25, 0.3) is 0 Å². The molecule has 0 aliphatic heterocycles. The number of benzene rings is 2. The van der Waals surface area contributed by atoms with Crippen LogP contribution in [0.5, 0.6) is 17.2 Å². The van der Waals surface area contributed by atoms with Crippen LogP contribution in [0, 0.1) is 0 Å². The maximum atomic E-state index is 5.68. The first-order chi connectivity index (χ1) is 11.2. The van der Waals surface area contributed by atoms with Gasteiger partial charge in [-0.1, -0.05) is 12.1 Å². The van der Waals surface area contributed by atoms with E-state index in [0.717, 1.165) is 16.7 Å². The molecule has 0 saturated heterocycles. The lowest BCUT2D eigenvalue weighted by Gasteiger charge is -2.12. The number of hydrogen-bond donors (Lipinski definition) is 0. The summed E-state index contributed by atoms with van der Waals surface area (Å²) in [6.45, 7) is 0. The summed E-state index contributed by atoms with van der Waals surface area (Å²) in [4.78, 5) is 4.41. The summed E-state index contributed by atoms with van der Waals surface area (Å²) < 4.78 is 21.8. The number of methoxy groups -OCH3 is 3. The Morgan fingerprint density at radius 3 is 2.22 bits per heavy atom. The van der Waals surface area contributed by atoms with Gasteiger partial charge in [0.05, 0.1) is 26.9 Å². The van der Waals surface area contributed by atoms with Gasteiger partial charge in [0, 0.05) is 18.2 Å². The summed E-state index contributed by atoms with van der Waals surface area (Å²) in [5.41, 5.74) is 2.36. The van der Waals surface area contributed by atoms with Gasteiger partial charge in [0.15, 0.2) is 5.58 Å². The lowest BCUT2D eigenvalue weighted by molar-refractivity contribution is 0.374. The van der Waals surface area contributed by atoms with Crippen LogP contribution in [-0.2, 0) is 0 Å². The molecule has 0 atom stereocenters. The van der Waals surface area contributed by atoms with Crippen LogP contribution in [0.2, 0.25) is 0 Å². The number of oxazole rings is 1. The van der Waals surface area contributed by atoms with Gasteiger partial charge in [0.2, 0.25) is 5.89 Å². The standard InChI is InChI=1S/C18H17NO4/c1-20-12-10-16(21-2)13(17(11-12)22-3)8-9-18-19-14-6-4-5-7-15(14)23-18/h4-11H,1-3H3/b9-8-. The van der Waals surface area contributed by atoms with Crippen molar-refractivity contribution in [3.63, 3.8) is 0 Å². The molecule has 5 heteroatoms. The molecule has 2 aromatic carbocycles. The molecule has 23 heavy (non-hydrogen) atoms. The molecular formula is C18H17NO4. The summed E-state index contributed by atoms with van der Waals surface area (Å²) in [6, 6.07) is 11.2. The van der Waals surface area contributed by atoms with Crippen molar-refractivity contribution in [2.75, 3.05) is 21.3 Å². The Kier molecular flexibility index (Phi) is 4.19. The molecule has 0 fully saturated rings. The van der Waals surface area contributed by atoms with E-state index in [1.54, 1.807) is 39.5 Å². The topological polar surface area (TPSA) is 53.7 Å². The average Bonchev–Trinajstić information content (AvgIpc) is 3.01. The quantitative estimate of drug-likeness (QED) is 0.712. The first-order valence-corrected chi connectivity index (χ1v) is 7.09. The summed E-state index contributed by atoms with van der Waals surface area (Å²) in [5.74, 6) is 2.48. The predicted molar refractivity (Wildman–Crippen MR) is 89.0 cm³/mol. The highest BCUT2D eigenvalue weighted by Gasteiger charge is 2.11. The number of para-hydroxylation sites is 2. The Morgan fingerprint density at radius 1 is 0.913 bits per heavy atom. The number of fused-ring (bicyclic) bond motifs is 1. The third kappa shape index (κ3) is 2.99. The fraction of sp³-hybridized carbons (Fsp3) is 0.167. The van der Waals surface area contributed by atoms with Crippen molar-refractivity contribution in [1.29, 1.82) is 0 Å². The normalized spacial score (nSPS) is 11.1. The Bertz CT molecular complexity index is 793. The smallest absolute Gasteiger partial charge is 0.220 e. The summed E-state index contributed by atoms with van der Waals surface area (Å²) in [5, 5.41) is 0. The van der Waals surface area contributed by atoms with E-state index in [1.807, 2.05) is 30.3 Å². The fourth-order valence-corrected chi connectivity index (χ4v) is 2.31. The van der Waals surface area contributed by atoms with Crippen LogP contribution >= 0.6 is 0 Å². The molecule has 3 aromatic rings. The number of ether oxygens (including phenoxy) is 3. The maximum absolute atomic E-state index is 5.68. The van der Waals surface area contributed by atoms with Gasteiger partial charge in [-0.05, 0) is 18.2 Å². The van der Waals surface area contributed by atoms with E-state index < -0.39 is 0 Å². The third-order valence-corrected chi connectivity index (χ3v) is 3.46. The van der Waals surface area contributed by atoms with E-state index in [2.05, 4.69) is 4.98 Å². The zero-order valence-electron chi connectivity index (χ0n) is 13.2. The highest BCUT2D eigenvalue weighted by Crippen LogP contribution is 2.35. The van der Waals surface area contributed by atoms with E-state index in [4.69, 9.17) is 18.6 Å². The summed E-state index contributed by atoms with van der Waals surface area (Å²) in [7, 11) is 4.80. The van der Waals surface area contributed by atoms with Gasteiger partial charge in [0.1, 0.15) is 22.8 Å². The highest BCUT2D eigenvalue weighted by molar-refractivity contribution is 5.78. The van der Waals surface area contributed by atoms with Crippen LogP contribution in [0.15, 0.2) is 40.8 Å². The zero-order chi connectivity index (χ0) is 16.2. The first-order valence-electron chi connectivity index (χ1n) is 7.09. The van der Waals surface area contributed by atoms with Crippen molar-refractivity contribution in [2.24, 2.45) is 0 Å². The largest absolute Gasteiger partial charge is 0.496 e. The molecular weight excluding hydrogens is 294 g/mol. The van der Waals surface area contributed by atoms with Gasteiger partial charge < -0.3 is 18.6 Å². The molecule has 0 aliphatic rings. The van der Waals surface area contributed by atoms with Crippen molar-refractivity contribution >= 4 is 23.3 Å². The maximum Gasteiger partial charge on any atom is 0.220 e. The van der Waals surface area contributed by atoms with Crippen LogP contribution in [0.4, 0.5) is 0 Å². The van der Waals surface area contributed by atoms with Crippen LogP contribution in [0.1, 0.15) is 11.5 Å². The van der Waals surface area contributed by atoms with E-state index in [1.165, 1.54) is 0 Å². The molecule has 0 amide bonds. The number of hydrogen-bond acceptors (Lipinski definition) is 5. The molecule has 5 nitrogen and oxygen atoms in total. The van der Waals surface area contributed by atoms with Gasteiger partial charge in [-0.2, -0.15) is 0 Å². The Hall–Kier alpha value is -2.95. The van der Waals surface area contributed by atoms with Gasteiger partial charge in [-0.15, -0.1) is 0 Å². The van der Waals surface area contributed by atoms with Crippen molar-refractivity contribution in [3.8, 4) is 17.2 Å². The van der Waals surface area contributed by atoms with Crippen LogP contribution in [-0.4, -0.2) is 26.3 Å². The minimum absolute atomic E-state index is 0.520. The lowest BCUT2D eigenvalue weighted by Crippen LogP contribution is -1.94. The highest BCUT2D eigenvalue weighted by atomic mass is 16.5. The molecule has 0 spiro atoms. The fourth-order valence-electron chi connectivity index (χ4n) is 2.31. The monoisotopic (exact) mass is 311 g/mol. The molecule has 0 unspecified atom stereocenters. The van der Waals surface area contributed by atoms with Crippen molar-refractivity contribution < 1.29 is 18.6 Å². The predicted octanol–water partition coefficient (Wildman–Crippen LogP) is 4.02. The molecule has 0 bridgehead atoms. The molecule has 3 rings (SSSR count). The third-order valence-electron chi connectivity index (χ3n) is 3.46. The second kappa shape index (κ2) is 6.44. The average molecular weight is 311 g/mol. The number of aromatic nitrogens is 1. The molecule has 1 heterocycles. The summed E-state index contributed by atoms with van der Waals surface area (Å²) in [6.07, 6.45) is 3.63. The molecule has 118 valence electrons. The second-order valence-electron chi connectivity index (χ2n) is 4.80. The Balaban J connectivity index is 2.00. The van der Waals surface area contributed by atoms with E-state index in [9.17, 15) is 0 Å². The number of rotatable bonds is 5. The van der Waals surface area contributed by atoms with Crippen LogP contribution in [0.25, 0.3) is 23.3 Å². The molecule has 0 radical (unpaired) electrons. The molecule has 0 aliphatic carbocycles. The second-order valence-corrected chi connectivity index (χ2v) is 4.80. The molecule has 0 saturated carbocycles. The van der Waals surface area contributed by atoms with Crippen LogP contribution in [0.3, 0.4) is 0 Å². The minimum Gasteiger partial charge on any atom is -0.496 e. The van der Waals surface area contributed by atoms with Crippen molar-refractivity contribution in [3.05, 3.63) is 47.9 Å². The van der Waals surface area contributed by atoms with E-state index in [0.29, 0.717) is 23.1 Å². The minimum atomic E-state index is 0.520. The molecule has 1 aromatic heterocycles. The van der Waals surface area contributed by atoms with Gasteiger partial charge in [-0.3, -0.25) is 0 Å². The Morgan fingerprint density at radius 2 is 1.61 bits per heavy atom. The lowest BCUT2D eigenvalue weighted by atomic mass is 10.1. The van der Waals surface area contributed by atoms with Crippen LogP contribution < -0.4 is 14.2 Å². The SMILES string of the molecule is COc1cc(OC)c(/C=C\c2nc3ccccc3o2)c(OC)c1. The number of nitrogens with zero attached hydrogens (tertiary/aromatic N) is 1. The van der Waals surface area contributed by atoms with Gasteiger partial charge >= 0.3 is 0 Å². The van der Waals surface area contributed by atoms with E-state index in [-0.39, 0.29) is 0 Å². The Labute approximate surface area is 134 Å². The van der Waals surface area contributed by atoms with Crippen molar-refractivity contribution in [1.82, 2.24) is 4.98 Å². The van der Waals surface area contributed by atoms with E-state index >= 15 is 0 Å². The summed E-state index contributed by atoms with van der Waals surface area (Å²) >= 11 is 0. The first kappa shape index (κ1) is 15.0. The van der Waals surface area contributed by atoms with Crippen molar-refractivity contribution in [2.45, 2.75) is 0 Å².